The van der Waals surface area contributed by atoms with Crippen molar-refractivity contribution in [3.05, 3.63) is 11.3 Å². The van der Waals surface area contributed by atoms with Gasteiger partial charge < -0.3 is 9.47 Å². The first kappa shape index (κ1) is 7.65. The summed E-state index contributed by atoms with van der Waals surface area (Å²) in [7, 11) is 0. The SMILES string of the molecule is CC1OC(=C2CC2)C(C)OC1=O. The van der Waals surface area contributed by atoms with Crippen molar-refractivity contribution < 1.29 is 14.3 Å². The van der Waals surface area contributed by atoms with Crippen LogP contribution in [-0.2, 0) is 14.3 Å². The van der Waals surface area contributed by atoms with Crippen LogP contribution in [0.2, 0.25) is 0 Å². The fourth-order valence-electron chi connectivity index (χ4n) is 1.34. The highest BCUT2D eigenvalue weighted by atomic mass is 16.6. The number of esters is 1. The molecule has 2 fully saturated rings. The molecule has 3 nitrogen and oxygen atoms in total. The number of ether oxygens (including phenoxy) is 2. The number of carbonyl (C=O) groups is 1. The Kier molecular flexibility index (Phi) is 1.60. The molecule has 3 heteroatoms. The molecule has 0 amide bonds. The standard InChI is InChI=1S/C9H12O3/c1-5-8(7-3-4-7)11-6(2)9(10)12-5/h5-6H,3-4H2,1-2H3. The zero-order chi connectivity index (χ0) is 8.72. The quantitative estimate of drug-likeness (QED) is 0.513. The van der Waals surface area contributed by atoms with Crippen LogP contribution >= 0.6 is 0 Å². The van der Waals surface area contributed by atoms with E-state index in [1.54, 1.807) is 6.92 Å². The summed E-state index contributed by atoms with van der Waals surface area (Å²) in [6.45, 7) is 3.57. The summed E-state index contributed by atoms with van der Waals surface area (Å²) in [6.07, 6.45) is 1.60. The first-order valence-electron chi connectivity index (χ1n) is 4.27. The number of carbonyl (C=O) groups excluding carboxylic acids is 1. The van der Waals surface area contributed by atoms with E-state index in [9.17, 15) is 4.79 Å². The molecule has 2 aliphatic rings. The van der Waals surface area contributed by atoms with E-state index in [1.165, 1.54) is 5.57 Å². The molecule has 0 spiro atoms. The highest BCUT2D eigenvalue weighted by Gasteiger charge is 2.34. The molecule has 12 heavy (non-hydrogen) atoms. The van der Waals surface area contributed by atoms with E-state index in [0.717, 1.165) is 18.6 Å². The van der Waals surface area contributed by atoms with Crippen LogP contribution in [0.25, 0.3) is 0 Å². The molecule has 1 saturated heterocycles. The lowest BCUT2D eigenvalue weighted by Crippen LogP contribution is -2.35. The number of hydrogen-bond donors (Lipinski definition) is 0. The van der Waals surface area contributed by atoms with Gasteiger partial charge in [0.2, 0.25) is 0 Å². The number of allylic oxidation sites excluding steroid dienone is 1. The van der Waals surface area contributed by atoms with Crippen LogP contribution in [0.4, 0.5) is 0 Å². The third kappa shape index (κ3) is 1.19. The molecule has 0 radical (unpaired) electrons. The number of rotatable bonds is 0. The Balaban J connectivity index is 2.17. The summed E-state index contributed by atoms with van der Waals surface area (Å²) in [6, 6.07) is 0. The maximum absolute atomic E-state index is 11.0. The van der Waals surface area contributed by atoms with E-state index in [2.05, 4.69) is 0 Å². The highest BCUT2D eigenvalue weighted by Crippen LogP contribution is 2.36. The molecule has 2 rings (SSSR count). The topological polar surface area (TPSA) is 35.5 Å². The lowest BCUT2D eigenvalue weighted by atomic mass is 10.2. The van der Waals surface area contributed by atoms with Gasteiger partial charge in [-0.2, -0.15) is 0 Å². The Labute approximate surface area is 71.3 Å². The molecular weight excluding hydrogens is 156 g/mol. The number of hydrogen-bond acceptors (Lipinski definition) is 3. The Hall–Kier alpha value is -0.990. The largest absolute Gasteiger partial charge is 0.479 e. The molecule has 66 valence electrons. The van der Waals surface area contributed by atoms with Crippen LogP contribution in [0.1, 0.15) is 26.7 Å². The first-order chi connectivity index (χ1) is 5.68. The van der Waals surface area contributed by atoms with Crippen molar-refractivity contribution in [2.24, 2.45) is 0 Å². The van der Waals surface area contributed by atoms with Gasteiger partial charge in [0, 0.05) is 0 Å². The van der Waals surface area contributed by atoms with E-state index >= 15 is 0 Å². The summed E-state index contributed by atoms with van der Waals surface area (Å²) in [4.78, 5) is 11.0. The van der Waals surface area contributed by atoms with Crippen LogP contribution in [-0.4, -0.2) is 18.2 Å². The molecule has 0 N–H and O–H groups in total. The van der Waals surface area contributed by atoms with Gasteiger partial charge in [-0.3, -0.25) is 0 Å². The maximum Gasteiger partial charge on any atom is 0.347 e. The van der Waals surface area contributed by atoms with E-state index in [1.807, 2.05) is 6.92 Å². The predicted molar refractivity (Wildman–Crippen MR) is 42.4 cm³/mol. The number of cyclic esters (lactones) is 1. The minimum atomic E-state index is -0.427. The normalized spacial score (nSPS) is 34.3. The predicted octanol–water partition coefficient (Wildman–Crippen LogP) is 1.38. The van der Waals surface area contributed by atoms with Crippen molar-refractivity contribution >= 4 is 5.97 Å². The summed E-state index contributed by atoms with van der Waals surface area (Å²) >= 11 is 0. The minimum absolute atomic E-state index is 0.175. The third-order valence-corrected chi connectivity index (χ3v) is 2.15. The van der Waals surface area contributed by atoms with Crippen LogP contribution in [0, 0.1) is 0 Å². The van der Waals surface area contributed by atoms with Crippen molar-refractivity contribution in [3.8, 4) is 0 Å². The van der Waals surface area contributed by atoms with Gasteiger partial charge in [-0.05, 0) is 32.3 Å². The van der Waals surface area contributed by atoms with Gasteiger partial charge in [0.05, 0.1) is 0 Å². The fourth-order valence-corrected chi connectivity index (χ4v) is 1.34. The van der Waals surface area contributed by atoms with Crippen molar-refractivity contribution in [3.63, 3.8) is 0 Å². The van der Waals surface area contributed by atoms with Gasteiger partial charge in [0.15, 0.2) is 12.2 Å². The highest BCUT2D eigenvalue weighted by molar-refractivity contribution is 5.75. The molecular formula is C9H12O3. The van der Waals surface area contributed by atoms with Crippen LogP contribution < -0.4 is 0 Å². The lowest BCUT2D eigenvalue weighted by Gasteiger charge is -2.27. The van der Waals surface area contributed by atoms with E-state index < -0.39 is 6.10 Å². The zero-order valence-electron chi connectivity index (χ0n) is 7.29. The van der Waals surface area contributed by atoms with E-state index in [0.29, 0.717) is 0 Å². The molecule has 0 aromatic rings. The first-order valence-corrected chi connectivity index (χ1v) is 4.27. The second kappa shape index (κ2) is 2.51. The molecule has 1 heterocycles. The smallest absolute Gasteiger partial charge is 0.347 e. The molecule has 2 atom stereocenters. The summed E-state index contributed by atoms with van der Waals surface area (Å²) in [5.41, 5.74) is 1.31. The fraction of sp³-hybridized carbons (Fsp3) is 0.667. The van der Waals surface area contributed by atoms with Gasteiger partial charge in [-0.15, -0.1) is 0 Å². The van der Waals surface area contributed by atoms with Crippen molar-refractivity contribution in [2.45, 2.75) is 38.9 Å². The monoisotopic (exact) mass is 168 g/mol. The Bertz CT molecular complexity index is 248. The second-order valence-electron chi connectivity index (χ2n) is 3.31. The molecule has 1 saturated carbocycles. The molecule has 0 aromatic heterocycles. The van der Waals surface area contributed by atoms with Gasteiger partial charge in [-0.1, -0.05) is 0 Å². The molecule has 0 aromatic carbocycles. The minimum Gasteiger partial charge on any atom is -0.479 e. The van der Waals surface area contributed by atoms with Crippen molar-refractivity contribution in [1.29, 1.82) is 0 Å². The summed E-state index contributed by atoms with van der Waals surface area (Å²) in [5.74, 6) is 0.634. The van der Waals surface area contributed by atoms with Crippen LogP contribution in [0.5, 0.6) is 0 Å². The molecule has 1 aliphatic heterocycles. The van der Waals surface area contributed by atoms with Gasteiger partial charge in [-0.25, -0.2) is 4.79 Å². The average molecular weight is 168 g/mol. The van der Waals surface area contributed by atoms with Gasteiger partial charge >= 0.3 is 5.97 Å². The Morgan fingerprint density at radius 3 is 2.42 bits per heavy atom. The van der Waals surface area contributed by atoms with Crippen molar-refractivity contribution in [2.75, 3.05) is 0 Å². The van der Waals surface area contributed by atoms with Gasteiger partial charge in [0.1, 0.15) is 5.76 Å². The van der Waals surface area contributed by atoms with E-state index in [4.69, 9.17) is 9.47 Å². The molecule has 0 bridgehead atoms. The third-order valence-electron chi connectivity index (χ3n) is 2.15. The zero-order valence-corrected chi connectivity index (χ0v) is 7.29. The Morgan fingerprint density at radius 1 is 1.17 bits per heavy atom. The van der Waals surface area contributed by atoms with Crippen LogP contribution in [0.15, 0.2) is 11.3 Å². The lowest BCUT2D eigenvalue weighted by molar-refractivity contribution is -0.169. The average Bonchev–Trinajstić information content (AvgIpc) is 2.79. The second-order valence-corrected chi connectivity index (χ2v) is 3.31. The van der Waals surface area contributed by atoms with Crippen molar-refractivity contribution in [1.82, 2.24) is 0 Å². The summed E-state index contributed by atoms with van der Waals surface area (Å²) < 4.78 is 10.5. The maximum atomic E-state index is 11.0. The van der Waals surface area contributed by atoms with Crippen LogP contribution in [0.3, 0.4) is 0 Å². The van der Waals surface area contributed by atoms with Gasteiger partial charge in [0.25, 0.3) is 0 Å². The Morgan fingerprint density at radius 2 is 1.83 bits per heavy atom. The molecule has 1 aliphatic carbocycles. The molecule has 2 unspecified atom stereocenters. The summed E-state index contributed by atoms with van der Waals surface area (Å²) in [5, 5.41) is 0. The van der Waals surface area contributed by atoms with E-state index in [-0.39, 0.29) is 12.1 Å².